The van der Waals surface area contributed by atoms with Crippen LogP contribution in [0.4, 0.5) is 4.79 Å². The van der Waals surface area contributed by atoms with Gasteiger partial charge in [-0.2, -0.15) is 5.10 Å². The summed E-state index contributed by atoms with van der Waals surface area (Å²) in [4.78, 5) is 24.5. The standard InChI is InChI=1S/C10H18N4O2/c1-3-5-6-11-10(16)14-7-12-13-9(15)8(14)4-2/h7-8H,3-6H2,1-2H3,(H,11,16)(H,13,15). The van der Waals surface area contributed by atoms with Crippen molar-refractivity contribution in [1.82, 2.24) is 15.6 Å². The summed E-state index contributed by atoms with van der Waals surface area (Å²) in [5, 5.41) is 6.38. The zero-order chi connectivity index (χ0) is 12.0. The van der Waals surface area contributed by atoms with Crippen molar-refractivity contribution in [2.45, 2.75) is 39.2 Å². The molecule has 2 N–H and O–H groups in total. The van der Waals surface area contributed by atoms with E-state index < -0.39 is 6.04 Å². The van der Waals surface area contributed by atoms with Crippen LogP contribution in [0, 0.1) is 0 Å². The molecule has 0 spiro atoms. The number of nitrogens with one attached hydrogen (secondary N) is 2. The van der Waals surface area contributed by atoms with Crippen LogP contribution < -0.4 is 10.7 Å². The van der Waals surface area contributed by atoms with Crippen LogP contribution in [0.15, 0.2) is 5.10 Å². The van der Waals surface area contributed by atoms with Gasteiger partial charge in [-0.15, -0.1) is 0 Å². The Morgan fingerprint density at radius 3 is 3.00 bits per heavy atom. The Labute approximate surface area is 95.1 Å². The molecule has 1 heterocycles. The fraction of sp³-hybridized carbons (Fsp3) is 0.700. The van der Waals surface area contributed by atoms with Crippen LogP contribution in [-0.4, -0.2) is 35.8 Å². The van der Waals surface area contributed by atoms with Gasteiger partial charge in [0.15, 0.2) is 0 Å². The van der Waals surface area contributed by atoms with Crippen molar-refractivity contribution in [2.24, 2.45) is 5.10 Å². The van der Waals surface area contributed by atoms with Gasteiger partial charge >= 0.3 is 6.03 Å². The lowest BCUT2D eigenvalue weighted by Crippen LogP contribution is -2.54. The minimum Gasteiger partial charge on any atom is -0.338 e. The number of amides is 3. The summed E-state index contributed by atoms with van der Waals surface area (Å²) in [7, 11) is 0. The number of nitrogens with zero attached hydrogens (tertiary/aromatic N) is 2. The molecule has 1 aliphatic heterocycles. The fourth-order valence-corrected chi connectivity index (χ4v) is 1.48. The predicted octanol–water partition coefficient (Wildman–Crippen LogP) is 0.650. The Morgan fingerprint density at radius 2 is 2.38 bits per heavy atom. The van der Waals surface area contributed by atoms with Crippen LogP contribution in [0.5, 0.6) is 0 Å². The van der Waals surface area contributed by atoms with E-state index in [1.165, 1.54) is 11.2 Å². The molecule has 0 aliphatic carbocycles. The van der Waals surface area contributed by atoms with E-state index in [4.69, 9.17) is 0 Å². The first kappa shape index (κ1) is 12.5. The number of hydrazone groups is 1. The first-order valence-electron chi connectivity index (χ1n) is 5.59. The molecule has 0 radical (unpaired) electrons. The van der Waals surface area contributed by atoms with E-state index in [1.54, 1.807) is 0 Å². The van der Waals surface area contributed by atoms with Crippen LogP contribution >= 0.6 is 0 Å². The van der Waals surface area contributed by atoms with Crippen LogP contribution in [0.25, 0.3) is 0 Å². The normalized spacial score (nSPS) is 19.5. The summed E-state index contributed by atoms with van der Waals surface area (Å²) in [5.41, 5.74) is 2.34. The molecule has 6 nitrogen and oxygen atoms in total. The zero-order valence-corrected chi connectivity index (χ0v) is 9.69. The van der Waals surface area contributed by atoms with Gasteiger partial charge in [-0.1, -0.05) is 20.3 Å². The molecule has 0 saturated heterocycles. The number of hydrogen-bond donors (Lipinski definition) is 2. The Bertz CT molecular complexity index is 291. The Hall–Kier alpha value is -1.59. The van der Waals surface area contributed by atoms with Crippen LogP contribution in [0.2, 0.25) is 0 Å². The third kappa shape index (κ3) is 2.95. The van der Waals surface area contributed by atoms with E-state index in [1.807, 2.05) is 6.92 Å². The van der Waals surface area contributed by atoms with Crippen molar-refractivity contribution in [3.05, 3.63) is 0 Å². The quantitative estimate of drug-likeness (QED) is 0.691. The molecular formula is C10H18N4O2. The molecule has 16 heavy (non-hydrogen) atoms. The topological polar surface area (TPSA) is 73.8 Å². The van der Waals surface area contributed by atoms with E-state index in [9.17, 15) is 9.59 Å². The number of carbonyl (C=O) groups is 2. The molecule has 0 aromatic carbocycles. The lowest BCUT2D eigenvalue weighted by molar-refractivity contribution is -0.125. The highest BCUT2D eigenvalue weighted by molar-refractivity contribution is 5.96. The predicted molar refractivity (Wildman–Crippen MR) is 60.9 cm³/mol. The van der Waals surface area contributed by atoms with Gasteiger partial charge in [0.05, 0.1) is 0 Å². The Balaban J connectivity index is 2.55. The number of urea groups is 1. The third-order valence-electron chi connectivity index (χ3n) is 2.42. The fourth-order valence-electron chi connectivity index (χ4n) is 1.48. The van der Waals surface area contributed by atoms with E-state index in [0.717, 1.165) is 12.8 Å². The summed E-state index contributed by atoms with van der Waals surface area (Å²) in [5.74, 6) is -0.240. The maximum Gasteiger partial charge on any atom is 0.323 e. The van der Waals surface area contributed by atoms with Crippen molar-refractivity contribution in [1.29, 1.82) is 0 Å². The highest BCUT2D eigenvalue weighted by Gasteiger charge is 2.29. The Morgan fingerprint density at radius 1 is 1.62 bits per heavy atom. The maximum atomic E-state index is 11.7. The highest BCUT2D eigenvalue weighted by Crippen LogP contribution is 2.06. The average Bonchev–Trinajstić information content (AvgIpc) is 2.29. The van der Waals surface area contributed by atoms with Gasteiger partial charge in [0.25, 0.3) is 5.91 Å². The maximum absolute atomic E-state index is 11.7. The molecule has 1 unspecified atom stereocenters. The molecule has 0 bridgehead atoms. The molecule has 1 atom stereocenters. The molecular weight excluding hydrogens is 208 g/mol. The first-order chi connectivity index (χ1) is 7.70. The summed E-state index contributed by atoms with van der Waals surface area (Å²) in [6, 6.07) is -0.724. The number of rotatable bonds is 4. The molecule has 0 aromatic heterocycles. The van der Waals surface area contributed by atoms with Crippen LogP contribution in [0.1, 0.15) is 33.1 Å². The minimum absolute atomic E-state index is 0.240. The largest absolute Gasteiger partial charge is 0.338 e. The van der Waals surface area contributed by atoms with Crippen LogP contribution in [-0.2, 0) is 4.79 Å². The second-order valence-corrected chi connectivity index (χ2v) is 3.64. The molecule has 3 amide bonds. The SMILES string of the molecule is CCCCNC(=O)N1C=NNC(=O)C1CC. The Kier molecular flexibility index (Phi) is 4.75. The second-order valence-electron chi connectivity index (χ2n) is 3.64. The van der Waals surface area contributed by atoms with Gasteiger partial charge in [0.2, 0.25) is 0 Å². The molecule has 0 saturated carbocycles. The van der Waals surface area contributed by atoms with Crippen molar-refractivity contribution >= 4 is 18.3 Å². The van der Waals surface area contributed by atoms with Gasteiger partial charge in [0, 0.05) is 6.54 Å². The monoisotopic (exact) mass is 226 g/mol. The van der Waals surface area contributed by atoms with Crippen LogP contribution in [0.3, 0.4) is 0 Å². The molecule has 1 rings (SSSR count). The molecule has 90 valence electrons. The van der Waals surface area contributed by atoms with Gasteiger partial charge in [-0.25, -0.2) is 10.2 Å². The summed E-state index contributed by atoms with van der Waals surface area (Å²) >= 11 is 0. The van der Waals surface area contributed by atoms with Crippen molar-refractivity contribution in [2.75, 3.05) is 6.54 Å². The van der Waals surface area contributed by atoms with Crippen molar-refractivity contribution in [3.63, 3.8) is 0 Å². The van der Waals surface area contributed by atoms with Crippen molar-refractivity contribution in [3.8, 4) is 0 Å². The average molecular weight is 226 g/mol. The lowest BCUT2D eigenvalue weighted by atomic mass is 10.2. The van der Waals surface area contributed by atoms with E-state index in [-0.39, 0.29) is 11.9 Å². The number of unbranched alkanes of at least 4 members (excludes halogenated alkanes) is 1. The number of hydrogen-bond acceptors (Lipinski definition) is 3. The summed E-state index contributed by atoms with van der Waals surface area (Å²) < 4.78 is 0. The molecule has 0 aromatic rings. The van der Waals surface area contributed by atoms with Gasteiger partial charge in [-0.05, 0) is 12.8 Å². The first-order valence-corrected chi connectivity index (χ1v) is 5.59. The molecule has 0 fully saturated rings. The van der Waals surface area contributed by atoms with Gasteiger partial charge < -0.3 is 5.32 Å². The van der Waals surface area contributed by atoms with Gasteiger partial charge in [-0.3, -0.25) is 9.69 Å². The van der Waals surface area contributed by atoms with E-state index in [2.05, 4.69) is 22.8 Å². The zero-order valence-electron chi connectivity index (χ0n) is 9.69. The summed E-state index contributed by atoms with van der Waals surface area (Å²) in [6.07, 6.45) is 3.88. The summed E-state index contributed by atoms with van der Waals surface area (Å²) in [6.45, 7) is 4.53. The van der Waals surface area contributed by atoms with E-state index >= 15 is 0 Å². The van der Waals surface area contributed by atoms with Crippen molar-refractivity contribution < 1.29 is 9.59 Å². The third-order valence-corrected chi connectivity index (χ3v) is 2.42. The molecule has 6 heteroatoms. The smallest absolute Gasteiger partial charge is 0.323 e. The van der Waals surface area contributed by atoms with E-state index in [0.29, 0.717) is 13.0 Å². The second kappa shape index (κ2) is 6.09. The van der Waals surface area contributed by atoms with Gasteiger partial charge in [0.1, 0.15) is 12.4 Å². The lowest BCUT2D eigenvalue weighted by Gasteiger charge is -2.28. The molecule has 1 aliphatic rings. The highest BCUT2D eigenvalue weighted by atomic mass is 16.2. The number of carbonyl (C=O) groups excluding carboxylic acids is 2. The minimum atomic E-state index is -0.459.